The maximum atomic E-state index is 12.5. The second-order valence-corrected chi connectivity index (χ2v) is 5.70. The van der Waals surface area contributed by atoms with E-state index in [1.165, 1.54) is 6.07 Å². The van der Waals surface area contributed by atoms with Crippen LogP contribution in [0.1, 0.15) is 22.4 Å². The second-order valence-electron chi connectivity index (χ2n) is 5.70. The first-order valence-electron chi connectivity index (χ1n) is 8.06. The van der Waals surface area contributed by atoms with Crippen molar-refractivity contribution in [1.82, 2.24) is 15.1 Å². The number of nitrogens with one attached hydrogen (secondary N) is 1. The molecule has 3 aromatic heterocycles. The van der Waals surface area contributed by atoms with E-state index in [0.717, 1.165) is 0 Å². The summed E-state index contributed by atoms with van der Waals surface area (Å²) in [5, 5.41) is 7.42. The number of amides is 1. The van der Waals surface area contributed by atoms with E-state index in [1.54, 1.807) is 59.7 Å². The zero-order valence-corrected chi connectivity index (χ0v) is 13.7. The number of hydrogen-bond acceptors (Lipinski definition) is 5. The molecule has 1 aromatic carbocycles. The predicted octanol–water partition coefficient (Wildman–Crippen LogP) is 2.60. The van der Waals surface area contributed by atoms with Gasteiger partial charge in [0.2, 0.25) is 0 Å². The van der Waals surface area contributed by atoms with Crippen LogP contribution < -0.4 is 10.7 Å². The van der Waals surface area contributed by atoms with Crippen LogP contribution in [0.25, 0.3) is 11.0 Å². The van der Waals surface area contributed by atoms with Gasteiger partial charge in [-0.25, -0.2) is 0 Å². The van der Waals surface area contributed by atoms with Gasteiger partial charge >= 0.3 is 0 Å². The first kappa shape index (κ1) is 15.9. The van der Waals surface area contributed by atoms with Crippen molar-refractivity contribution in [3.63, 3.8) is 0 Å². The molecule has 130 valence electrons. The molecule has 0 fully saturated rings. The maximum Gasteiger partial charge on any atom is 0.287 e. The molecule has 4 aromatic rings. The highest BCUT2D eigenvalue weighted by molar-refractivity contribution is 5.93. The first-order chi connectivity index (χ1) is 12.7. The number of nitrogens with zero attached hydrogens (tertiary/aromatic N) is 2. The van der Waals surface area contributed by atoms with Gasteiger partial charge in [-0.05, 0) is 30.3 Å². The third-order valence-electron chi connectivity index (χ3n) is 4.03. The minimum Gasteiger partial charge on any atom is -0.467 e. The van der Waals surface area contributed by atoms with Gasteiger partial charge in [0.1, 0.15) is 17.4 Å². The van der Waals surface area contributed by atoms with Crippen molar-refractivity contribution in [2.45, 2.75) is 6.04 Å². The van der Waals surface area contributed by atoms with E-state index < -0.39 is 5.91 Å². The third kappa shape index (κ3) is 3.02. The van der Waals surface area contributed by atoms with Gasteiger partial charge in [0.25, 0.3) is 5.91 Å². The van der Waals surface area contributed by atoms with Crippen molar-refractivity contribution in [2.75, 3.05) is 6.54 Å². The van der Waals surface area contributed by atoms with E-state index in [-0.39, 0.29) is 23.8 Å². The molecule has 1 atom stereocenters. The van der Waals surface area contributed by atoms with E-state index in [4.69, 9.17) is 8.83 Å². The standard InChI is InChI=1S/C19H15N3O4/c23-15-11-18(26-16-6-2-1-5-13(15)16)19(24)20-12-14(17-7-3-10-25-17)22-9-4-8-21-22/h1-11,14H,12H2,(H,20,24)/t14-/m0/s1. The van der Waals surface area contributed by atoms with Crippen molar-refractivity contribution in [3.8, 4) is 0 Å². The predicted molar refractivity (Wildman–Crippen MR) is 93.9 cm³/mol. The first-order valence-corrected chi connectivity index (χ1v) is 8.06. The lowest BCUT2D eigenvalue weighted by Crippen LogP contribution is -2.31. The molecule has 0 unspecified atom stereocenters. The zero-order valence-electron chi connectivity index (χ0n) is 13.7. The molecule has 3 heterocycles. The molecule has 0 saturated heterocycles. The molecule has 0 radical (unpaired) electrons. The summed E-state index contributed by atoms with van der Waals surface area (Å²) in [5.74, 6) is 0.151. The van der Waals surface area contributed by atoms with Crippen LogP contribution in [-0.2, 0) is 0 Å². The number of fused-ring (bicyclic) bond motifs is 1. The molecule has 26 heavy (non-hydrogen) atoms. The number of rotatable bonds is 5. The average molecular weight is 349 g/mol. The minimum absolute atomic E-state index is 0.0349. The van der Waals surface area contributed by atoms with Gasteiger partial charge in [-0.15, -0.1) is 0 Å². The van der Waals surface area contributed by atoms with Gasteiger partial charge in [-0.1, -0.05) is 12.1 Å². The molecule has 4 rings (SSSR count). The molecule has 0 aliphatic heterocycles. The maximum absolute atomic E-state index is 12.5. The fourth-order valence-electron chi connectivity index (χ4n) is 2.76. The lowest BCUT2D eigenvalue weighted by atomic mass is 10.2. The normalized spacial score (nSPS) is 12.2. The van der Waals surface area contributed by atoms with E-state index in [9.17, 15) is 9.59 Å². The van der Waals surface area contributed by atoms with Crippen LogP contribution >= 0.6 is 0 Å². The Balaban J connectivity index is 1.57. The van der Waals surface area contributed by atoms with Crippen molar-refractivity contribution >= 4 is 16.9 Å². The zero-order chi connectivity index (χ0) is 17.9. The van der Waals surface area contributed by atoms with E-state index in [1.807, 2.05) is 6.07 Å². The van der Waals surface area contributed by atoms with Crippen LogP contribution in [0.4, 0.5) is 0 Å². The molecule has 0 saturated carbocycles. The van der Waals surface area contributed by atoms with Crippen LogP contribution in [0.15, 0.2) is 80.8 Å². The van der Waals surface area contributed by atoms with E-state index in [0.29, 0.717) is 16.7 Å². The Kier molecular flexibility index (Phi) is 4.10. The molecule has 0 aliphatic carbocycles. The number of para-hydroxylation sites is 1. The molecule has 1 amide bonds. The van der Waals surface area contributed by atoms with E-state index in [2.05, 4.69) is 10.4 Å². The summed E-state index contributed by atoms with van der Waals surface area (Å²) in [5.41, 5.74) is 0.117. The summed E-state index contributed by atoms with van der Waals surface area (Å²) in [6.07, 6.45) is 5.01. The van der Waals surface area contributed by atoms with Gasteiger partial charge in [-0.2, -0.15) is 5.10 Å². The van der Waals surface area contributed by atoms with Crippen molar-refractivity contribution in [2.24, 2.45) is 0 Å². The summed E-state index contributed by atoms with van der Waals surface area (Å²) in [7, 11) is 0. The summed E-state index contributed by atoms with van der Waals surface area (Å²) < 4.78 is 12.7. The SMILES string of the molecule is O=C(NC[C@@H](c1ccco1)n1cccn1)c1cc(=O)c2ccccc2o1. The van der Waals surface area contributed by atoms with Gasteiger partial charge in [0.15, 0.2) is 11.2 Å². The van der Waals surface area contributed by atoms with Crippen LogP contribution in [-0.4, -0.2) is 22.2 Å². The average Bonchev–Trinajstić information content (AvgIpc) is 3.36. The molecule has 1 N–H and O–H groups in total. The summed E-state index contributed by atoms with van der Waals surface area (Å²) in [4.78, 5) is 24.6. The van der Waals surface area contributed by atoms with Crippen molar-refractivity contribution in [3.05, 3.63) is 88.9 Å². The Morgan fingerprint density at radius 3 is 2.85 bits per heavy atom. The highest BCUT2D eigenvalue weighted by Crippen LogP contribution is 2.17. The number of aromatic nitrogens is 2. The van der Waals surface area contributed by atoms with Gasteiger partial charge in [-0.3, -0.25) is 14.3 Å². The largest absolute Gasteiger partial charge is 0.467 e. The second kappa shape index (κ2) is 6.72. The number of carbonyl (C=O) groups is 1. The Labute approximate surface area is 147 Å². The summed E-state index contributed by atoms with van der Waals surface area (Å²) in [6, 6.07) is 13.1. The third-order valence-corrected chi connectivity index (χ3v) is 4.03. The fraction of sp³-hybridized carbons (Fsp3) is 0.105. The van der Waals surface area contributed by atoms with Crippen LogP contribution in [0, 0.1) is 0 Å². The van der Waals surface area contributed by atoms with Crippen LogP contribution in [0.2, 0.25) is 0 Å². The van der Waals surface area contributed by atoms with Gasteiger partial charge in [0.05, 0.1) is 11.6 Å². The van der Waals surface area contributed by atoms with Crippen molar-refractivity contribution in [1.29, 1.82) is 0 Å². The van der Waals surface area contributed by atoms with Crippen molar-refractivity contribution < 1.29 is 13.6 Å². The summed E-state index contributed by atoms with van der Waals surface area (Å²) >= 11 is 0. The monoisotopic (exact) mass is 349 g/mol. The van der Waals surface area contributed by atoms with E-state index >= 15 is 0 Å². The highest BCUT2D eigenvalue weighted by Gasteiger charge is 2.19. The highest BCUT2D eigenvalue weighted by atomic mass is 16.3. The lowest BCUT2D eigenvalue weighted by Gasteiger charge is -2.16. The smallest absolute Gasteiger partial charge is 0.287 e. The molecule has 0 bridgehead atoms. The number of carbonyl (C=O) groups excluding carboxylic acids is 1. The fourth-order valence-corrected chi connectivity index (χ4v) is 2.76. The molecular weight excluding hydrogens is 334 g/mol. The Morgan fingerprint density at radius 1 is 1.19 bits per heavy atom. The number of furan rings is 1. The quantitative estimate of drug-likeness (QED) is 0.598. The van der Waals surface area contributed by atoms with Gasteiger partial charge in [0, 0.05) is 25.0 Å². The lowest BCUT2D eigenvalue weighted by molar-refractivity contribution is 0.0921. The minimum atomic E-state index is -0.475. The summed E-state index contributed by atoms with van der Waals surface area (Å²) in [6.45, 7) is 0.227. The molecule has 0 spiro atoms. The molecule has 7 heteroatoms. The van der Waals surface area contributed by atoms with Crippen LogP contribution in [0.3, 0.4) is 0 Å². The molecule has 0 aliphatic rings. The van der Waals surface area contributed by atoms with Gasteiger partial charge < -0.3 is 14.2 Å². The Bertz CT molecular complexity index is 1050. The number of benzene rings is 1. The topological polar surface area (TPSA) is 90.3 Å². The van der Waals surface area contributed by atoms with Crippen LogP contribution in [0.5, 0.6) is 0 Å². The Hall–Kier alpha value is -3.61. The molecular formula is C19H15N3O4. The Morgan fingerprint density at radius 2 is 2.08 bits per heavy atom. The molecule has 7 nitrogen and oxygen atoms in total. The number of hydrogen-bond donors (Lipinski definition) is 1.